The predicted molar refractivity (Wildman–Crippen MR) is 71.5 cm³/mol. The zero-order valence-corrected chi connectivity index (χ0v) is 11.6. The fourth-order valence-electron chi connectivity index (χ4n) is 1.56. The zero-order valence-electron chi connectivity index (χ0n) is 11.6. The molecule has 0 aliphatic rings. The molecule has 0 amide bonds. The highest BCUT2D eigenvalue weighted by Gasteiger charge is 2.20. The summed E-state index contributed by atoms with van der Waals surface area (Å²) in [5, 5.41) is 19.7. The third kappa shape index (κ3) is 4.29. The van der Waals surface area contributed by atoms with E-state index in [1.165, 1.54) is 26.4 Å². The van der Waals surface area contributed by atoms with Crippen molar-refractivity contribution in [1.82, 2.24) is 0 Å². The number of benzene rings is 1. The molecular formula is C12H16N2O7. The number of ether oxygens (including phenoxy) is 3. The minimum atomic E-state index is -1.21. The van der Waals surface area contributed by atoms with E-state index in [0.29, 0.717) is 5.75 Å². The molecule has 1 aromatic carbocycles. The Bertz CT molecular complexity index is 533. The van der Waals surface area contributed by atoms with Crippen molar-refractivity contribution in [3.8, 4) is 11.5 Å². The summed E-state index contributed by atoms with van der Waals surface area (Å²) in [5.41, 5.74) is 5.30. The van der Waals surface area contributed by atoms with Gasteiger partial charge in [0, 0.05) is 0 Å². The van der Waals surface area contributed by atoms with Gasteiger partial charge in [-0.25, -0.2) is 0 Å². The number of hydrogen-bond acceptors (Lipinski definition) is 7. The van der Waals surface area contributed by atoms with Crippen LogP contribution in [-0.4, -0.2) is 42.9 Å². The van der Waals surface area contributed by atoms with Crippen LogP contribution in [0.2, 0.25) is 0 Å². The number of aliphatic carboxylic acids is 1. The largest absolute Gasteiger partial charge is 0.493 e. The number of carboxylic acid groups (broad SMARTS) is 1. The van der Waals surface area contributed by atoms with Gasteiger partial charge in [-0.2, -0.15) is 0 Å². The molecule has 9 nitrogen and oxygen atoms in total. The molecule has 21 heavy (non-hydrogen) atoms. The fraction of sp³-hybridized carbons (Fsp3) is 0.417. The number of nitro groups is 1. The summed E-state index contributed by atoms with van der Waals surface area (Å²) in [7, 11) is 2.76. The van der Waals surface area contributed by atoms with Crippen molar-refractivity contribution in [2.75, 3.05) is 20.8 Å². The van der Waals surface area contributed by atoms with Gasteiger partial charge in [0.1, 0.15) is 6.04 Å². The number of carboxylic acids is 1. The second kappa shape index (κ2) is 7.41. The van der Waals surface area contributed by atoms with Crippen molar-refractivity contribution >= 4 is 11.7 Å². The summed E-state index contributed by atoms with van der Waals surface area (Å²) in [6, 6.07) is 1.43. The van der Waals surface area contributed by atoms with Crippen LogP contribution in [0.1, 0.15) is 5.56 Å². The maximum atomic E-state index is 11.0. The second-order valence-corrected chi connectivity index (χ2v) is 4.05. The standard InChI is InChI=1S/C12H16N2O7/c1-19-10-3-7(5-21-6-8(13)12(15)16)9(14(17)18)4-11(10)20-2/h3-4,8H,5-6,13H2,1-2H3,(H,15,16). The molecule has 3 N–H and O–H groups in total. The van der Waals surface area contributed by atoms with Crippen LogP contribution in [0.5, 0.6) is 11.5 Å². The third-order valence-corrected chi connectivity index (χ3v) is 2.65. The molecule has 0 heterocycles. The molecule has 0 bridgehead atoms. The van der Waals surface area contributed by atoms with Gasteiger partial charge in [0.05, 0.1) is 44.0 Å². The molecule has 116 valence electrons. The normalized spacial score (nSPS) is 11.8. The van der Waals surface area contributed by atoms with Crippen LogP contribution in [0.15, 0.2) is 12.1 Å². The molecule has 1 aromatic rings. The predicted octanol–water partition coefficient (Wildman–Crippen LogP) is 0.541. The Labute approximate surface area is 120 Å². The van der Waals surface area contributed by atoms with Crippen LogP contribution in [0.3, 0.4) is 0 Å². The molecule has 0 fully saturated rings. The van der Waals surface area contributed by atoms with E-state index >= 15 is 0 Å². The smallest absolute Gasteiger partial charge is 0.322 e. The molecule has 0 saturated carbocycles. The van der Waals surface area contributed by atoms with E-state index in [0.717, 1.165) is 0 Å². The van der Waals surface area contributed by atoms with E-state index < -0.39 is 16.9 Å². The number of nitro benzene ring substituents is 1. The van der Waals surface area contributed by atoms with Crippen LogP contribution in [0.25, 0.3) is 0 Å². The Morgan fingerprint density at radius 3 is 2.43 bits per heavy atom. The zero-order chi connectivity index (χ0) is 16.0. The first kappa shape index (κ1) is 16.7. The topological polar surface area (TPSA) is 134 Å². The lowest BCUT2D eigenvalue weighted by Crippen LogP contribution is -2.34. The van der Waals surface area contributed by atoms with Crippen LogP contribution in [0, 0.1) is 10.1 Å². The highest BCUT2D eigenvalue weighted by atomic mass is 16.6. The van der Waals surface area contributed by atoms with Crippen LogP contribution in [0.4, 0.5) is 5.69 Å². The maximum Gasteiger partial charge on any atom is 0.322 e. The maximum absolute atomic E-state index is 11.0. The first-order chi connectivity index (χ1) is 9.90. The molecule has 1 rings (SSSR count). The summed E-state index contributed by atoms with van der Waals surface area (Å²) >= 11 is 0. The Balaban J connectivity index is 2.94. The van der Waals surface area contributed by atoms with Crippen LogP contribution in [-0.2, 0) is 16.1 Å². The van der Waals surface area contributed by atoms with Crippen molar-refractivity contribution in [2.45, 2.75) is 12.6 Å². The van der Waals surface area contributed by atoms with Gasteiger partial charge in [-0.15, -0.1) is 0 Å². The van der Waals surface area contributed by atoms with Crippen LogP contribution >= 0.6 is 0 Å². The molecular weight excluding hydrogens is 284 g/mol. The monoisotopic (exact) mass is 300 g/mol. The van der Waals surface area contributed by atoms with E-state index in [4.69, 9.17) is 25.1 Å². The summed E-state index contributed by atoms with van der Waals surface area (Å²) in [6.45, 7) is -0.432. The van der Waals surface area contributed by atoms with Gasteiger partial charge in [0.15, 0.2) is 11.5 Å². The summed E-state index contributed by atoms with van der Waals surface area (Å²) < 4.78 is 15.1. The number of carbonyl (C=O) groups is 1. The Kier molecular flexibility index (Phi) is 5.88. The molecule has 0 aromatic heterocycles. The molecule has 1 atom stereocenters. The van der Waals surface area contributed by atoms with E-state index in [1.54, 1.807) is 0 Å². The van der Waals surface area contributed by atoms with E-state index in [2.05, 4.69) is 0 Å². The Morgan fingerprint density at radius 2 is 1.95 bits per heavy atom. The molecule has 0 spiro atoms. The summed E-state index contributed by atoms with van der Waals surface area (Å²) in [4.78, 5) is 21.0. The van der Waals surface area contributed by atoms with Gasteiger partial charge >= 0.3 is 5.97 Å². The number of hydrogen-bond donors (Lipinski definition) is 2. The van der Waals surface area contributed by atoms with Gasteiger partial charge in [-0.3, -0.25) is 14.9 Å². The molecule has 0 saturated heterocycles. The highest BCUT2D eigenvalue weighted by Crippen LogP contribution is 2.34. The average Bonchev–Trinajstić information content (AvgIpc) is 2.45. The van der Waals surface area contributed by atoms with Gasteiger partial charge < -0.3 is 25.1 Å². The summed E-state index contributed by atoms with van der Waals surface area (Å²) in [5.74, 6) is -0.684. The van der Waals surface area contributed by atoms with Crippen LogP contribution < -0.4 is 15.2 Å². The third-order valence-electron chi connectivity index (χ3n) is 2.65. The molecule has 0 aliphatic carbocycles. The lowest BCUT2D eigenvalue weighted by atomic mass is 10.1. The average molecular weight is 300 g/mol. The van der Waals surface area contributed by atoms with Gasteiger partial charge in [-0.1, -0.05) is 0 Å². The molecule has 0 aliphatic heterocycles. The van der Waals surface area contributed by atoms with E-state index in [-0.39, 0.29) is 30.2 Å². The first-order valence-electron chi connectivity index (χ1n) is 5.86. The minimum Gasteiger partial charge on any atom is -0.493 e. The highest BCUT2D eigenvalue weighted by molar-refractivity contribution is 5.73. The minimum absolute atomic E-state index is 0.169. The Hall–Kier alpha value is -2.39. The summed E-state index contributed by atoms with van der Waals surface area (Å²) in [6.07, 6.45) is 0. The SMILES string of the molecule is COc1cc(COCC(N)C(=O)O)c([N+](=O)[O-])cc1OC. The van der Waals surface area contributed by atoms with Gasteiger partial charge in [0.25, 0.3) is 5.69 Å². The van der Waals surface area contributed by atoms with Gasteiger partial charge in [0.2, 0.25) is 0 Å². The molecule has 9 heteroatoms. The number of methoxy groups -OCH3 is 2. The lowest BCUT2D eigenvalue weighted by Gasteiger charge is -2.11. The quantitative estimate of drug-likeness (QED) is 0.524. The van der Waals surface area contributed by atoms with Crippen molar-refractivity contribution in [3.05, 3.63) is 27.8 Å². The number of nitrogens with zero attached hydrogens (tertiary/aromatic N) is 1. The van der Waals surface area contributed by atoms with E-state index in [1.807, 2.05) is 0 Å². The van der Waals surface area contributed by atoms with E-state index in [9.17, 15) is 14.9 Å². The van der Waals surface area contributed by atoms with Crippen molar-refractivity contribution in [1.29, 1.82) is 0 Å². The van der Waals surface area contributed by atoms with Crippen molar-refractivity contribution in [2.24, 2.45) is 5.73 Å². The van der Waals surface area contributed by atoms with Crippen molar-refractivity contribution < 1.29 is 29.0 Å². The lowest BCUT2D eigenvalue weighted by molar-refractivity contribution is -0.386. The first-order valence-corrected chi connectivity index (χ1v) is 5.86. The molecule has 0 radical (unpaired) electrons. The van der Waals surface area contributed by atoms with Crippen molar-refractivity contribution in [3.63, 3.8) is 0 Å². The molecule has 1 unspecified atom stereocenters. The Morgan fingerprint density at radius 1 is 1.38 bits per heavy atom. The van der Waals surface area contributed by atoms with Gasteiger partial charge in [-0.05, 0) is 6.07 Å². The number of nitrogens with two attached hydrogens (primary N) is 1. The second-order valence-electron chi connectivity index (χ2n) is 4.05. The fourth-order valence-corrected chi connectivity index (χ4v) is 1.56. The number of rotatable bonds is 8.